The summed E-state index contributed by atoms with van der Waals surface area (Å²) in [5.74, 6) is -0.718. The molecule has 42 heavy (non-hydrogen) atoms. The number of halogens is 2. The van der Waals surface area contributed by atoms with Crippen molar-refractivity contribution in [2.45, 2.75) is 78.0 Å². The largest absolute Gasteiger partial charge is 0.468 e. The number of nitrogens with zero attached hydrogens (tertiary/aromatic N) is 4. The summed E-state index contributed by atoms with van der Waals surface area (Å²) in [7, 11) is 1.30. The van der Waals surface area contributed by atoms with Crippen molar-refractivity contribution in [3.05, 3.63) is 73.3 Å². The van der Waals surface area contributed by atoms with Crippen molar-refractivity contribution in [1.29, 1.82) is 0 Å². The van der Waals surface area contributed by atoms with Crippen LogP contribution in [0.5, 0.6) is 0 Å². The van der Waals surface area contributed by atoms with Gasteiger partial charge < -0.3 is 9.64 Å². The average molecular weight is 637 g/mol. The van der Waals surface area contributed by atoms with Crippen LogP contribution >= 0.6 is 34.7 Å². The van der Waals surface area contributed by atoms with Gasteiger partial charge in [0.25, 0.3) is 0 Å². The minimum Gasteiger partial charge on any atom is -0.468 e. The fourth-order valence-electron chi connectivity index (χ4n) is 4.13. The van der Waals surface area contributed by atoms with Gasteiger partial charge in [0.1, 0.15) is 11.5 Å². The number of methoxy groups -OCH3 is 1. The Morgan fingerprint density at radius 3 is 2.38 bits per heavy atom. The minimum absolute atomic E-state index is 0.0605. The molecule has 0 spiro atoms. The van der Waals surface area contributed by atoms with E-state index < -0.39 is 11.8 Å². The zero-order valence-electron chi connectivity index (χ0n) is 24.9. The van der Waals surface area contributed by atoms with Crippen LogP contribution in [-0.4, -0.2) is 45.0 Å². The number of amides is 1. The van der Waals surface area contributed by atoms with Crippen molar-refractivity contribution in [1.82, 2.24) is 14.3 Å². The molecular formula is C30H38ClFN4O4S2. The van der Waals surface area contributed by atoms with Crippen LogP contribution in [0.4, 0.5) is 10.1 Å². The molecule has 1 aliphatic rings. The number of hydrogen-bond donors (Lipinski definition) is 0. The maximum atomic E-state index is 14.3. The van der Waals surface area contributed by atoms with Crippen molar-refractivity contribution >= 4 is 52.3 Å². The smallest absolute Gasteiger partial charge is 0.325 e. The minimum atomic E-state index is -0.580. The normalized spacial score (nSPS) is 13.3. The first-order valence-corrected chi connectivity index (χ1v) is 15.9. The highest BCUT2D eigenvalue weighted by Crippen LogP contribution is 2.33. The molecule has 0 saturated carbocycles. The number of carbonyl (C=O) groups is 2. The van der Waals surface area contributed by atoms with Gasteiger partial charge in [-0.1, -0.05) is 62.7 Å². The summed E-state index contributed by atoms with van der Waals surface area (Å²) in [6, 6.07) is 13.0. The first-order chi connectivity index (χ1) is 19.8. The molecule has 8 nitrogen and oxygen atoms in total. The number of rotatable bonds is 7. The Morgan fingerprint density at radius 1 is 1.14 bits per heavy atom. The molecule has 0 saturated heterocycles. The number of aromatic nitrogens is 2. The van der Waals surface area contributed by atoms with E-state index in [-0.39, 0.29) is 38.7 Å². The van der Waals surface area contributed by atoms with E-state index in [9.17, 15) is 18.8 Å². The van der Waals surface area contributed by atoms with Gasteiger partial charge in [-0.25, -0.2) is 14.1 Å². The molecule has 3 aromatic rings. The molecule has 0 fully saturated rings. The molecule has 0 unspecified atom stereocenters. The van der Waals surface area contributed by atoms with Crippen LogP contribution in [0.15, 0.2) is 57.1 Å². The number of carbonyl (C=O) groups excluding carboxylic acids is 2. The van der Waals surface area contributed by atoms with E-state index in [1.54, 1.807) is 9.36 Å². The Bertz CT molecular complexity index is 1510. The predicted octanol–water partition coefficient (Wildman–Crippen LogP) is 6.26. The van der Waals surface area contributed by atoms with E-state index in [1.807, 2.05) is 43.9 Å². The second-order valence-electron chi connectivity index (χ2n) is 11.1. The molecule has 0 aliphatic carbocycles. The van der Waals surface area contributed by atoms with Crippen LogP contribution < -0.4 is 9.67 Å². The zero-order chi connectivity index (χ0) is 31.0. The lowest BCUT2D eigenvalue weighted by Crippen LogP contribution is -2.43. The number of thioether (sulfide) groups is 1. The number of fused-ring (bicyclic) bond motifs is 1. The molecule has 4 rings (SSSR count). The summed E-state index contributed by atoms with van der Waals surface area (Å²) in [6.07, 6.45) is 1.90. The van der Waals surface area contributed by atoms with Gasteiger partial charge in [-0.15, -0.1) is 11.8 Å². The van der Waals surface area contributed by atoms with Crippen molar-refractivity contribution in [3.63, 3.8) is 0 Å². The summed E-state index contributed by atoms with van der Waals surface area (Å²) in [6.45, 7) is 12.0. The molecule has 1 aliphatic heterocycles. The third-order valence-corrected chi connectivity index (χ3v) is 8.73. The second-order valence-corrected chi connectivity index (χ2v) is 13.4. The highest BCUT2D eigenvalue weighted by molar-refractivity contribution is 8.00. The maximum absolute atomic E-state index is 14.3. The maximum Gasteiger partial charge on any atom is 0.325 e. The third kappa shape index (κ3) is 9.05. The first kappa shape index (κ1) is 33.6. The van der Waals surface area contributed by atoms with Gasteiger partial charge >= 0.3 is 10.8 Å². The number of benzene rings is 2. The molecule has 2 aromatic carbocycles. The van der Waals surface area contributed by atoms with Gasteiger partial charge in [0.05, 0.1) is 17.9 Å². The van der Waals surface area contributed by atoms with Crippen molar-refractivity contribution < 1.29 is 18.7 Å². The van der Waals surface area contributed by atoms with Crippen LogP contribution in [0.25, 0.3) is 0 Å². The van der Waals surface area contributed by atoms with Gasteiger partial charge in [0, 0.05) is 36.0 Å². The van der Waals surface area contributed by atoms with Gasteiger partial charge in [-0.2, -0.15) is 0 Å². The van der Waals surface area contributed by atoms with Crippen LogP contribution in [0.1, 0.15) is 53.0 Å². The molecule has 2 heterocycles. The summed E-state index contributed by atoms with van der Waals surface area (Å²) in [5, 5.41) is 0.199. The van der Waals surface area contributed by atoms with Crippen molar-refractivity contribution in [2.75, 3.05) is 12.9 Å². The second kappa shape index (κ2) is 15.0. The van der Waals surface area contributed by atoms with Gasteiger partial charge in [0.15, 0.2) is 0 Å². The van der Waals surface area contributed by atoms with E-state index in [1.165, 1.54) is 18.7 Å². The van der Waals surface area contributed by atoms with E-state index in [0.717, 1.165) is 42.0 Å². The highest BCUT2D eigenvalue weighted by Gasteiger charge is 2.28. The van der Waals surface area contributed by atoms with Crippen LogP contribution in [-0.2, 0) is 34.0 Å². The number of esters is 1. The Balaban J connectivity index is 0.000000250. The van der Waals surface area contributed by atoms with E-state index in [0.29, 0.717) is 29.3 Å². The number of hydrogen-bond acceptors (Lipinski definition) is 7. The van der Waals surface area contributed by atoms with Crippen molar-refractivity contribution in [3.8, 4) is 0 Å². The van der Waals surface area contributed by atoms with Gasteiger partial charge in [-0.05, 0) is 55.7 Å². The molecule has 0 atom stereocenters. The molecule has 0 radical (unpaired) electrons. The summed E-state index contributed by atoms with van der Waals surface area (Å²) in [4.78, 5) is 42.8. The highest BCUT2D eigenvalue weighted by atomic mass is 35.5. The fraction of sp³-hybridized carbons (Fsp3) is 0.467. The molecular weight excluding hydrogens is 599 g/mol. The SMILES string of the molecule is CC(C)N(Cc1ccccc1)C(=O)C(C)(C)C.COC(=O)CSc1cc(N=c2sc(=O)n3n2CCCC3)c(F)cc1Cl. The lowest BCUT2D eigenvalue weighted by Gasteiger charge is -2.32. The lowest BCUT2D eigenvalue weighted by molar-refractivity contribution is -0.142. The Morgan fingerprint density at radius 2 is 1.79 bits per heavy atom. The van der Waals surface area contributed by atoms with E-state index in [4.69, 9.17) is 11.6 Å². The molecule has 0 N–H and O–H groups in total. The third-order valence-electron chi connectivity index (χ3n) is 6.40. The Kier molecular flexibility index (Phi) is 12.0. The van der Waals surface area contributed by atoms with Crippen LogP contribution in [0.3, 0.4) is 0 Å². The summed E-state index contributed by atoms with van der Waals surface area (Å²) >= 11 is 8.17. The predicted molar refractivity (Wildman–Crippen MR) is 167 cm³/mol. The molecule has 12 heteroatoms. The van der Waals surface area contributed by atoms with Gasteiger partial charge in [0.2, 0.25) is 10.7 Å². The average Bonchev–Trinajstić information content (AvgIpc) is 3.27. The van der Waals surface area contributed by atoms with Crippen LogP contribution in [0, 0.1) is 11.2 Å². The lowest BCUT2D eigenvalue weighted by atomic mass is 9.93. The fourth-order valence-corrected chi connectivity index (χ4v) is 6.12. The quantitative estimate of drug-likeness (QED) is 0.226. The molecule has 1 amide bonds. The number of ether oxygens (including phenoxy) is 1. The van der Waals surface area contributed by atoms with Crippen molar-refractivity contribution in [2.24, 2.45) is 10.4 Å². The van der Waals surface area contributed by atoms with E-state index in [2.05, 4.69) is 35.7 Å². The molecule has 228 valence electrons. The van der Waals surface area contributed by atoms with Crippen LogP contribution in [0.2, 0.25) is 5.02 Å². The summed E-state index contributed by atoms with van der Waals surface area (Å²) < 4.78 is 22.3. The van der Waals surface area contributed by atoms with Gasteiger partial charge in [-0.3, -0.25) is 19.1 Å². The molecule has 0 bridgehead atoms. The first-order valence-electron chi connectivity index (χ1n) is 13.7. The summed E-state index contributed by atoms with van der Waals surface area (Å²) in [5.41, 5.74) is 0.942. The van der Waals surface area contributed by atoms with E-state index >= 15 is 0 Å². The molecule has 1 aromatic heterocycles. The topological polar surface area (TPSA) is 85.9 Å². The monoisotopic (exact) mass is 636 g/mol. The standard InChI is InChI=1S/C15H15ClFN3O3S2.C15H23NO/c1-23-13(21)8-24-12-7-11(10(17)6-9(12)16)18-14-19-4-2-3-5-20(19)15(22)25-14;1-12(2)16(14(17)15(3,4)5)11-13-9-7-6-8-10-13/h6-7H,2-5,8H2,1H3;6-10,12H,11H2,1-5H3. The zero-order valence-corrected chi connectivity index (χ0v) is 27.2. The Hall–Kier alpha value is -2.89. The Labute approximate surface area is 259 Å².